The second-order valence-electron chi connectivity index (χ2n) is 5.38. The van der Waals surface area contributed by atoms with E-state index in [2.05, 4.69) is 15.2 Å². The molecule has 0 radical (unpaired) electrons. The Bertz CT molecular complexity index is 1210. The topological polar surface area (TPSA) is 65.1 Å². The molecule has 0 aliphatic heterocycles. The minimum absolute atomic E-state index is 0.0967. The molecule has 1 aromatic carbocycles. The highest BCUT2D eigenvalue weighted by molar-refractivity contribution is 8.02. The van der Waals surface area contributed by atoms with Crippen molar-refractivity contribution in [2.24, 2.45) is 0 Å². The first-order valence-electron chi connectivity index (χ1n) is 7.79. The number of nitrogens with zero attached hydrogens (tertiary/aromatic N) is 5. The third kappa shape index (κ3) is 3.13. The second-order valence-corrected chi connectivity index (χ2v) is 9.45. The molecule has 0 fully saturated rings. The van der Waals surface area contributed by atoms with Crippen LogP contribution in [0.15, 0.2) is 43.8 Å². The van der Waals surface area contributed by atoms with Gasteiger partial charge in [-0.05, 0) is 49.5 Å². The van der Waals surface area contributed by atoms with Gasteiger partial charge in [0.15, 0.2) is 12.6 Å². The fraction of sp³-hybridized carbons (Fsp3) is 0.188. The van der Waals surface area contributed by atoms with E-state index in [1.807, 2.05) is 44.2 Å². The Balaban J connectivity index is 1.71. The number of benzene rings is 1. The zero-order chi connectivity index (χ0) is 18.3. The molecule has 0 aliphatic rings. The summed E-state index contributed by atoms with van der Waals surface area (Å²) in [6, 6.07) is 9.76. The van der Waals surface area contributed by atoms with Crippen LogP contribution >= 0.6 is 46.7 Å². The monoisotopic (exact) mass is 419 g/mol. The van der Waals surface area contributed by atoms with Crippen molar-refractivity contribution in [1.29, 1.82) is 0 Å². The van der Waals surface area contributed by atoms with Crippen LogP contribution < -0.4 is 5.56 Å². The van der Waals surface area contributed by atoms with Crippen LogP contribution in [0.2, 0.25) is 0 Å². The first-order valence-corrected chi connectivity index (χ1v) is 10.7. The van der Waals surface area contributed by atoms with Gasteiger partial charge in [0.2, 0.25) is 4.96 Å². The van der Waals surface area contributed by atoms with Gasteiger partial charge in [0.05, 0.1) is 5.69 Å². The van der Waals surface area contributed by atoms with Gasteiger partial charge in [0, 0.05) is 11.3 Å². The summed E-state index contributed by atoms with van der Waals surface area (Å²) in [6.45, 7) is 3.81. The molecule has 0 aliphatic carbocycles. The van der Waals surface area contributed by atoms with Crippen LogP contribution in [-0.2, 0) is 6.42 Å². The van der Waals surface area contributed by atoms with E-state index in [1.54, 1.807) is 4.68 Å². The largest absolute Gasteiger partial charge is 0.278 e. The van der Waals surface area contributed by atoms with Crippen LogP contribution in [0.1, 0.15) is 18.2 Å². The molecule has 0 amide bonds. The van der Waals surface area contributed by atoms with Crippen molar-refractivity contribution in [2.75, 3.05) is 0 Å². The predicted molar refractivity (Wildman–Crippen MR) is 108 cm³/mol. The average Bonchev–Trinajstić information content (AvgIpc) is 3.19. The molecule has 4 aromatic rings. The first kappa shape index (κ1) is 17.5. The quantitative estimate of drug-likeness (QED) is 0.463. The molecule has 3 aromatic heterocycles. The Morgan fingerprint density at radius 1 is 1.15 bits per heavy atom. The van der Waals surface area contributed by atoms with Gasteiger partial charge in [-0.3, -0.25) is 4.79 Å². The van der Waals surface area contributed by atoms with Crippen molar-refractivity contribution in [1.82, 2.24) is 24.4 Å². The van der Waals surface area contributed by atoms with E-state index >= 15 is 0 Å². The van der Waals surface area contributed by atoms with Crippen molar-refractivity contribution < 1.29 is 0 Å². The molecule has 10 heteroatoms. The standard InChI is InChI=1S/C16H13N5OS4/c1-3-11-9(2)17-13-21(12(11)22)19-14(24-13)25-15-18-20(16(23)26-15)10-7-5-4-6-8-10/h4-8H,3H2,1-2H3. The van der Waals surface area contributed by atoms with Crippen LogP contribution in [0.3, 0.4) is 0 Å². The van der Waals surface area contributed by atoms with Crippen molar-refractivity contribution in [3.8, 4) is 5.69 Å². The van der Waals surface area contributed by atoms with Gasteiger partial charge in [0.25, 0.3) is 5.56 Å². The lowest BCUT2D eigenvalue weighted by molar-refractivity contribution is 0.817. The Morgan fingerprint density at radius 3 is 2.62 bits per heavy atom. The molecule has 4 rings (SSSR count). The molecule has 6 nitrogen and oxygen atoms in total. The molecular formula is C16H13N5OS4. The lowest BCUT2D eigenvalue weighted by Crippen LogP contribution is -2.21. The van der Waals surface area contributed by atoms with Crippen molar-refractivity contribution in [3.63, 3.8) is 0 Å². The normalized spacial score (nSPS) is 11.3. The Hall–Kier alpha value is -1.88. The Kier molecular flexibility index (Phi) is 4.74. The number of fused-ring (bicyclic) bond motifs is 1. The van der Waals surface area contributed by atoms with Crippen molar-refractivity contribution in [3.05, 3.63) is 55.9 Å². The summed E-state index contributed by atoms with van der Waals surface area (Å²) < 4.78 is 5.27. The van der Waals surface area contributed by atoms with Gasteiger partial charge in [0.1, 0.15) is 0 Å². The number of rotatable bonds is 4. The summed E-state index contributed by atoms with van der Waals surface area (Å²) in [5.41, 5.74) is 2.29. The van der Waals surface area contributed by atoms with Crippen LogP contribution in [0.5, 0.6) is 0 Å². The van der Waals surface area contributed by atoms with Gasteiger partial charge in [-0.2, -0.15) is 4.52 Å². The molecule has 0 atom stereocenters. The molecule has 26 heavy (non-hydrogen) atoms. The van der Waals surface area contributed by atoms with Crippen LogP contribution in [-0.4, -0.2) is 24.4 Å². The molecule has 0 N–H and O–H groups in total. The van der Waals surface area contributed by atoms with Gasteiger partial charge in [-0.25, -0.2) is 9.67 Å². The SMILES string of the molecule is CCc1c(C)nc2sc(Sc3nn(-c4ccccc4)c(=S)s3)nn2c1=O. The van der Waals surface area contributed by atoms with Gasteiger partial charge < -0.3 is 0 Å². The lowest BCUT2D eigenvalue weighted by atomic mass is 10.2. The van der Waals surface area contributed by atoms with Gasteiger partial charge in [-0.1, -0.05) is 47.8 Å². The summed E-state index contributed by atoms with van der Waals surface area (Å²) >= 11 is 9.62. The zero-order valence-electron chi connectivity index (χ0n) is 13.9. The summed E-state index contributed by atoms with van der Waals surface area (Å²) in [4.78, 5) is 17.6. The summed E-state index contributed by atoms with van der Waals surface area (Å²) in [5, 5.41) is 8.99. The third-order valence-electron chi connectivity index (χ3n) is 3.75. The zero-order valence-corrected chi connectivity index (χ0v) is 17.1. The van der Waals surface area contributed by atoms with Crippen molar-refractivity contribution >= 4 is 51.6 Å². The number of hydrogen-bond acceptors (Lipinski definition) is 8. The maximum absolute atomic E-state index is 12.5. The van der Waals surface area contributed by atoms with Gasteiger partial charge in [-0.15, -0.1) is 10.2 Å². The summed E-state index contributed by atoms with van der Waals surface area (Å²) in [7, 11) is 0. The molecule has 0 unspecified atom stereocenters. The highest BCUT2D eigenvalue weighted by atomic mass is 32.2. The number of para-hydroxylation sites is 1. The highest BCUT2D eigenvalue weighted by Crippen LogP contribution is 2.33. The van der Waals surface area contributed by atoms with E-state index in [0.717, 1.165) is 15.7 Å². The second kappa shape index (κ2) is 7.03. The van der Waals surface area contributed by atoms with Crippen LogP contribution in [0.4, 0.5) is 0 Å². The minimum atomic E-state index is -0.0967. The van der Waals surface area contributed by atoms with E-state index in [1.165, 1.54) is 39.0 Å². The van der Waals surface area contributed by atoms with Crippen molar-refractivity contribution in [2.45, 2.75) is 28.9 Å². The summed E-state index contributed by atoms with van der Waals surface area (Å²) in [5.74, 6) is 0. The minimum Gasteiger partial charge on any atom is -0.267 e. The molecule has 0 saturated carbocycles. The van der Waals surface area contributed by atoms with E-state index in [4.69, 9.17) is 12.2 Å². The predicted octanol–water partition coefficient (Wildman–Crippen LogP) is 4.15. The molecule has 0 spiro atoms. The lowest BCUT2D eigenvalue weighted by Gasteiger charge is -1.99. The fourth-order valence-corrected chi connectivity index (χ4v) is 6.06. The molecule has 3 heterocycles. The number of aromatic nitrogens is 5. The summed E-state index contributed by atoms with van der Waals surface area (Å²) in [6.07, 6.45) is 0.642. The smallest absolute Gasteiger partial charge is 0.267 e. The fourth-order valence-electron chi connectivity index (χ4n) is 2.52. The van der Waals surface area contributed by atoms with E-state index in [0.29, 0.717) is 25.2 Å². The molecule has 0 saturated heterocycles. The number of hydrogen-bond donors (Lipinski definition) is 0. The van der Waals surface area contributed by atoms with Gasteiger partial charge >= 0.3 is 0 Å². The first-order chi connectivity index (χ1) is 12.6. The molecule has 132 valence electrons. The maximum atomic E-state index is 12.5. The molecule has 0 bridgehead atoms. The van der Waals surface area contributed by atoms with E-state index in [-0.39, 0.29) is 5.56 Å². The average molecular weight is 420 g/mol. The number of aryl methyl sites for hydroxylation is 1. The Labute approximate surface area is 166 Å². The van der Waals surface area contributed by atoms with E-state index < -0.39 is 0 Å². The highest BCUT2D eigenvalue weighted by Gasteiger charge is 2.15. The Morgan fingerprint density at radius 2 is 1.88 bits per heavy atom. The maximum Gasteiger partial charge on any atom is 0.278 e. The van der Waals surface area contributed by atoms with Crippen LogP contribution in [0, 0.1) is 10.9 Å². The van der Waals surface area contributed by atoms with E-state index in [9.17, 15) is 4.79 Å². The van der Waals surface area contributed by atoms with Crippen LogP contribution in [0.25, 0.3) is 10.6 Å². The molecular weight excluding hydrogens is 406 g/mol. The third-order valence-corrected chi connectivity index (χ3v) is 6.99.